The summed E-state index contributed by atoms with van der Waals surface area (Å²) in [5, 5.41) is 7.38. The van der Waals surface area contributed by atoms with Gasteiger partial charge in [-0.05, 0) is 35.0 Å². The standard InChI is InChI=1S/C22H12INO/c23-24-19-12-14-6-2-1-5-13(14)11-18(19)16-9-10-17-15-7-3-4-8-20(15)25-22(17)21(16)24/h1-12H. The van der Waals surface area contributed by atoms with E-state index in [-0.39, 0.29) is 0 Å². The second-order valence-corrected chi connectivity index (χ2v) is 7.40. The fraction of sp³-hybridized carbons (Fsp3) is 0. The largest absolute Gasteiger partial charge is 0.454 e. The van der Waals surface area contributed by atoms with Gasteiger partial charge in [-0.15, -0.1) is 0 Å². The summed E-state index contributed by atoms with van der Waals surface area (Å²) in [5.41, 5.74) is 4.28. The third-order valence-electron chi connectivity index (χ3n) is 5.08. The lowest BCUT2D eigenvalue weighted by Gasteiger charge is -1.99. The molecule has 0 spiro atoms. The van der Waals surface area contributed by atoms with E-state index in [0.29, 0.717) is 0 Å². The average Bonchev–Trinajstić information content (AvgIpc) is 3.16. The molecule has 0 unspecified atom stereocenters. The minimum absolute atomic E-state index is 0.941. The summed E-state index contributed by atoms with van der Waals surface area (Å²) in [5.74, 6) is 0. The lowest BCUT2D eigenvalue weighted by atomic mass is 10.1. The first-order valence-electron chi connectivity index (χ1n) is 8.24. The number of para-hydroxylation sites is 1. The van der Waals surface area contributed by atoms with Gasteiger partial charge in [-0.25, -0.2) is 0 Å². The van der Waals surface area contributed by atoms with E-state index in [1.54, 1.807) is 0 Å². The van der Waals surface area contributed by atoms with Gasteiger partial charge >= 0.3 is 0 Å². The van der Waals surface area contributed by atoms with Crippen LogP contribution in [0.4, 0.5) is 0 Å². The highest BCUT2D eigenvalue weighted by molar-refractivity contribution is 14.1. The molecule has 0 N–H and O–H groups in total. The molecule has 0 aliphatic carbocycles. The van der Waals surface area contributed by atoms with Crippen molar-refractivity contribution in [2.45, 2.75) is 0 Å². The number of fused-ring (bicyclic) bond motifs is 8. The second-order valence-electron chi connectivity index (χ2n) is 6.43. The Labute approximate surface area is 157 Å². The van der Waals surface area contributed by atoms with Crippen LogP contribution in [0.3, 0.4) is 0 Å². The Hall–Kier alpha value is -2.53. The van der Waals surface area contributed by atoms with Crippen molar-refractivity contribution in [3.05, 3.63) is 72.8 Å². The molecule has 0 amide bonds. The molecule has 0 aliphatic rings. The van der Waals surface area contributed by atoms with E-state index in [1.165, 1.54) is 37.8 Å². The maximum absolute atomic E-state index is 6.25. The van der Waals surface area contributed by atoms with Crippen LogP contribution >= 0.6 is 22.9 Å². The lowest BCUT2D eigenvalue weighted by Crippen LogP contribution is -1.79. The number of furan rings is 1. The Morgan fingerprint density at radius 2 is 1.40 bits per heavy atom. The fourth-order valence-corrected chi connectivity index (χ4v) is 4.79. The smallest absolute Gasteiger partial charge is 0.160 e. The summed E-state index contributed by atoms with van der Waals surface area (Å²) in [6.07, 6.45) is 0. The molecule has 0 saturated heterocycles. The normalized spacial score (nSPS) is 12.2. The van der Waals surface area contributed by atoms with E-state index in [9.17, 15) is 0 Å². The monoisotopic (exact) mass is 433 g/mol. The van der Waals surface area contributed by atoms with Crippen molar-refractivity contribution >= 4 is 77.4 Å². The van der Waals surface area contributed by atoms with Crippen LogP contribution in [-0.2, 0) is 0 Å². The van der Waals surface area contributed by atoms with Crippen molar-refractivity contribution in [2.75, 3.05) is 0 Å². The Bertz CT molecular complexity index is 1450. The maximum Gasteiger partial charge on any atom is 0.160 e. The molecule has 2 aromatic heterocycles. The van der Waals surface area contributed by atoms with E-state index in [0.717, 1.165) is 16.7 Å². The molecule has 2 nitrogen and oxygen atoms in total. The molecule has 2 heterocycles. The number of aromatic nitrogens is 1. The first-order valence-corrected chi connectivity index (χ1v) is 9.21. The van der Waals surface area contributed by atoms with Crippen molar-refractivity contribution in [3.8, 4) is 0 Å². The Balaban J connectivity index is 1.89. The number of nitrogens with zero attached hydrogens (tertiary/aromatic N) is 1. The summed E-state index contributed by atoms with van der Waals surface area (Å²) in [6, 6.07) is 25.7. The highest BCUT2D eigenvalue weighted by Gasteiger charge is 2.17. The molecule has 25 heavy (non-hydrogen) atoms. The molecule has 0 saturated carbocycles. The van der Waals surface area contributed by atoms with Crippen molar-refractivity contribution < 1.29 is 4.42 Å². The van der Waals surface area contributed by atoms with E-state index < -0.39 is 0 Å². The highest BCUT2D eigenvalue weighted by Crippen LogP contribution is 2.40. The molecule has 0 aliphatic heterocycles. The van der Waals surface area contributed by atoms with Crippen molar-refractivity contribution in [1.82, 2.24) is 2.78 Å². The third-order valence-corrected chi connectivity index (χ3v) is 6.08. The molecule has 0 fully saturated rings. The molecule has 0 radical (unpaired) electrons. The Morgan fingerprint density at radius 1 is 0.680 bits per heavy atom. The van der Waals surface area contributed by atoms with Gasteiger partial charge in [0.05, 0.1) is 28.4 Å². The summed E-state index contributed by atoms with van der Waals surface area (Å²) in [6.45, 7) is 0. The van der Waals surface area contributed by atoms with Gasteiger partial charge in [0.1, 0.15) is 11.1 Å². The summed E-state index contributed by atoms with van der Waals surface area (Å²) in [7, 11) is 0. The van der Waals surface area contributed by atoms with Gasteiger partial charge in [0, 0.05) is 21.5 Å². The number of rotatable bonds is 0. The van der Waals surface area contributed by atoms with E-state index in [1.807, 2.05) is 12.1 Å². The lowest BCUT2D eigenvalue weighted by molar-refractivity contribution is 0.672. The van der Waals surface area contributed by atoms with Crippen LogP contribution < -0.4 is 0 Å². The molecule has 6 aromatic rings. The molecule has 3 heteroatoms. The highest BCUT2D eigenvalue weighted by atomic mass is 127. The van der Waals surface area contributed by atoms with Crippen LogP contribution in [0, 0.1) is 0 Å². The van der Waals surface area contributed by atoms with Crippen molar-refractivity contribution in [2.24, 2.45) is 0 Å². The summed E-state index contributed by atoms with van der Waals surface area (Å²) >= 11 is 2.39. The van der Waals surface area contributed by atoms with Crippen LogP contribution in [0.15, 0.2) is 77.2 Å². The molecule has 0 bridgehead atoms. The van der Waals surface area contributed by atoms with Crippen LogP contribution in [-0.4, -0.2) is 2.78 Å². The van der Waals surface area contributed by atoms with Crippen LogP contribution in [0.1, 0.15) is 0 Å². The number of halogens is 1. The molecule has 0 atom stereocenters. The number of hydrogen-bond donors (Lipinski definition) is 0. The zero-order chi connectivity index (χ0) is 16.5. The zero-order valence-electron chi connectivity index (χ0n) is 13.2. The minimum atomic E-state index is 0.941. The molecular weight excluding hydrogens is 421 g/mol. The molecule has 118 valence electrons. The van der Waals surface area contributed by atoms with E-state index in [2.05, 4.69) is 86.3 Å². The number of benzene rings is 4. The van der Waals surface area contributed by atoms with Crippen LogP contribution in [0.2, 0.25) is 0 Å². The fourth-order valence-electron chi connectivity index (χ4n) is 3.91. The number of hydrogen-bond acceptors (Lipinski definition) is 1. The van der Waals surface area contributed by atoms with Gasteiger partial charge in [-0.2, -0.15) is 0 Å². The maximum atomic E-state index is 6.25. The van der Waals surface area contributed by atoms with Gasteiger partial charge in [0.2, 0.25) is 0 Å². The van der Waals surface area contributed by atoms with Gasteiger partial charge < -0.3 is 4.42 Å². The van der Waals surface area contributed by atoms with Gasteiger partial charge in [-0.1, -0.05) is 48.5 Å². The van der Waals surface area contributed by atoms with Crippen LogP contribution in [0.25, 0.3) is 54.5 Å². The predicted octanol–water partition coefficient (Wildman–Crippen LogP) is 7.05. The second kappa shape index (κ2) is 4.76. The van der Waals surface area contributed by atoms with Crippen molar-refractivity contribution in [3.63, 3.8) is 0 Å². The third kappa shape index (κ3) is 1.74. The molecular formula is C22H12INO. The minimum Gasteiger partial charge on any atom is -0.454 e. The molecule has 6 rings (SSSR count). The Morgan fingerprint density at radius 3 is 2.28 bits per heavy atom. The predicted molar refractivity (Wildman–Crippen MR) is 114 cm³/mol. The summed E-state index contributed by atoms with van der Waals surface area (Å²) < 4.78 is 8.48. The average molecular weight is 433 g/mol. The summed E-state index contributed by atoms with van der Waals surface area (Å²) in [4.78, 5) is 0. The van der Waals surface area contributed by atoms with E-state index >= 15 is 0 Å². The molecule has 4 aromatic carbocycles. The Kier molecular flexibility index (Phi) is 2.61. The van der Waals surface area contributed by atoms with Gasteiger partial charge in [-0.3, -0.25) is 2.78 Å². The SMILES string of the molecule is In1c2cc3ccccc3cc2c2ccc3c4ccccc4oc3c21. The van der Waals surface area contributed by atoms with Gasteiger partial charge in [0.15, 0.2) is 5.58 Å². The topological polar surface area (TPSA) is 18.1 Å². The first-order chi connectivity index (χ1) is 12.3. The van der Waals surface area contributed by atoms with Gasteiger partial charge in [0.25, 0.3) is 0 Å². The van der Waals surface area contributed by atoms with Crippen molar-refractivity contribution in [1.29, 1.82) is 0 Å². The van der Waals surface area contributed by atoms with Crippen LogP contribution in [0.5, 0.6) is 0 Å². The first kappa shape index (κ1) is 13.7. The zero-order valence-corrected chi connectivity index (χ0v) is 15.3. The van der Waals surface area contributed by atoms with E-state index in [4.69, 9.17) is 4.42 Å². The quantitative estimate of drug-likeness (QED) is 0.235.